The lowest BCUT2D eigenvalue weighted by molar-refractivity contribution is 0.0600. The number of nitrogens with one attached hydrogen (secondary N) is 1. The van der Waals surface area contributed by atoms with Gasteiger partial charge in [-0.1, -0.05) is 6.07 Å². The van der Waals surface area contributed by atoms with Crippen molar-refractivity contribution in [2.24, 2.45) is 0 Å². The number of hydrogen-bond donors (Lipinski definition) is 1. The van der Waals surface area contributed by atoms with Crippen molar-refractivity contribution in [3.05, 3.63) is 58.3 Å². The van der Waals surface area contributed by atoms with Gasteiger partial charge in [-0.25, -0.2) is 9.18 Å². The number of benzene rings is 1. The third-order valence-electron chi connectivity index (χ3n) is 2.49. The van der Waals surface area contributed by atoms with E-state index in [1.54, 1.807) is 0 Å². The number of esters is 1. The molecule has 0 spiro atoms. The molecule has 1 N–H and O–H groups in total. The SMILES string of the molecule is COC(=O)c1ccc(-c2ccc(=O)[nH]c2)c(F)c1. The Morgan fingerprint density at radius 3 is 2.61 bits per heavy atom. The van der Waals surface area contributed by atoms with Gasteiger partial charge >= 0.3 is 5.97 Å². The highest BCUT2D eigenvalue weighted by atomic mass is 19.1. The van der Waals surface area contributed by atoms with E-state index in [0.29, 0.717) is 11.1 Å². The minimum atomic E-state index is -0.595. The normalized spacial score (nSPS) is 10.1. The summed E-state index contributed by atoms with van der Waals surface area (Å²) in [5.74, 6) is -1.15. The topological polar surface area (TPSA) is 59.2 Å². The molecule has 18 heavy (non-hydrogen) atoms. The summed E-state index contributed by atoms with van der Waals surface area (Å²) in [6, 6.07) is 6.86. The van der Waals surface area contributed by atoms with Gasteiger partial charge in [0.2, 0.25) is 5.56 Å². The van der Waals surface area contributed by atoms with Crippen molar-refractivity contribution in [3.63, 3.8) is 0 Å². The predicted octanol–water partition coefficient (Wildman–Crippen LogP) is 1.97. The van der Waals surface area contributed by atoms with Crippen LogP contribution in [0.1, 0.15) is 10.4 Å². The van der Waals surface area contributed by atoms with Crippen molar-refractivity contribution < 1.29 is 13.9 Å². The molecule has 2 aromatic rings. The Bertz CT molecular complexity index is 628. The molecule has 0 atom stereocenters. The number of ether oxygens (including phenoxy) is 1. The van der Waals surface area contributed by atoms with Crippen LogP contribution < -0.4 is 5.56 Å². The lowest BCUT2D eigenvalue weighted by atomic mass is 10.0. The molecule has 1 aromatic heterocycles. The number of rotatable bonds is 2. The predicted molar refractivity (Wildman–Crippen MR) is 63.8 cm³/mol. The summed E-state index contributed by atoms with van der Waals surface area (Å²) in [4.78, 5) is 24.6. The fourth-order valence-electron chi connectivity index (χ4n) is 1.57. The summed E-state index contributed by atoms with van der Waals surface area (Å²) in [5, 5.41) is 0. The first kappa shape index (κ1) is 12.0. The van der Waals surface area contributed by atoms with Crippen LogP contribution >= 0.6 is 0 Å². The summed E-state index contributed by atoms with van der Waals surface area (Å²) in [6.45, 7) is 0. The molecule has 0 unspecified atom stereocenters. The molecular weight excluding hydrogens is 237 g/mol. The molecule has 92 valence electrons. The molecule has 0 saturated heterocycles. The quantitative estimate of drug-likeness (QED) is 0.825. The van der Waals surface area contributed by atoms with Gasteiger partial charge in [0.25, 0.3) is 0 Å². The van der Waals surface area contributed by atoms with Gasteiger partial charge in [-0.2, -0.15) is 0 Å². The molecule has 0 radical (unpaired) electrons. The van der Waals surface area contributed by atoms with Gasteiger partial charge in [0, 0.05) is 23.4 Å². The first-order valence-corrected chi connectivity index (χ1v) is 5.19. The summed E-state index contributed by atoms with van der Waals surface area (Å²) in [6.07, 6.45) is 1.42. The zero-order valence-electron chi connectivity index (χ0n) is 9.57. The van der Waals surface area contributed by atoms with E-state index in [4.69, 9.17) is 0 Å². The maximum atomic E-state index is 13.8. The lowest BCUT2D eigenvalue weighted by Crippen LogP contribution is -2.03. The Kier molecular flexibility index (Phi) is 3.23. The van der Waals surface area contributed by atoms with Gasteiger partial charge in [0.15, 0.2) is 0 Å². The summed E-state index contributed by atoms with van der Waals surface area (Å²) in [5.41, 5.74) is 0.718. The van der Waals surface area contributed by atoms with E-state index in [2.05, 4.69) is 9.72 Å². The van der Waals surface area contributed by atoms with Crippen LogP contribution in [0.15, 0.2) is 41.3 Å². The molecular formula is C13H10FNO3. The Morgan fingerprint density at radius 1 is 1.28 bits per heavy atom. The van der Waals surface area contributed by atoms with Gasteiger partial charge in [-0.3, -0.25) is 4.79 Å². The van der Waals surface area contributed by atoms with E-state index in [1.165, 1.54) is 37.6 Å². The van der Waals surface area contributed by atoms with Gasteiger partial charge in [-0.05, 0) is 18.2 Å². The minimum Gasteiger partial charge on any atom is -0.465 e. The van der Waals surface area contributed by atoms with Crippen molar-refractivity contribution in [2.45, 2.75) is 0 Å². The molecule has 0 fully saturated rings. The average molecular weight is 247 g/mol. The smallest absolute Gasteiger partial charge is 0.337 e. The molecule has 5 heteroatoms. The zero-order chi connectivity index (χ0) is 13.1. The Labute approximate surface area is 102 Å². The second-order valence-electron chi connectivity index (χ2n) is 3.63. The number of H-pyrrole nitrogens is 1. The maximum Gasteiger partial charge on any atom is 0.337 e. The zero-order valence-corrected chi connectivity index (χ0v) is 9.57. The van der Waals surface area contributed by atoms with Crippen LogP contribution in [0.2, 0.25) is 0 Å². The highest BCUT2D eigenvalue weighted by Crippen LogP contribution is 2.22. The summed E-state index contributed by atoms with van der Waals surface area (Å²) in [7, 11) is 1.23. The van der Waals surface area contributed by atoms with Crippen LogP contribution in [0.3, 0.4) is 0 Å². The molecule has 0 saturated carbocycles. The number of carbonyl (C=O) groups is 1. The van der Waals surface area contributed by atoms with E-state index in [-0.39, 0.29) is 11.1 Å². The maximum absolute atomic E-state index is 13.8. The monoisotopic (exact) mass is 247 g/mol. The summed E-state index contributed by atoms with van der Waals surface area (Å²) < 4.78 is 18.3. The van der Waals surface area contributed by atoms with E-state index in [9.17, 15) is 14.0 Å². The molecule has 1 heterocycles. The van der Waals surface area contributed by atoms with E-state index in [1.807, 2.05) is 0 Å². The number of aromatic amines is 1. The molecule has 4 nitrogen and oxygen atoms in total. The molecule has 0 aliphatic heterocycles. The fraction of sp³-hybridized carbons (Fsp3) is 0.0769. The Morgan fingerprint density at radius 2 is 2.06 bits per heavy atom. The highest BCUT2D eigenvalue weighted by molar-refractivity contribution is 5.90. The van der Waals surface area contributed by atoms with Gasteiger partial charge in [0.05, 0.1) is 12.7 Å². The van der Waals surface area contributed by atoms with E-state index < -0.39 is 11.8 Å². The highest BCUT2D eigenvalue weighted by Gasteiger charge is 2.10. The van der Waals surface area contributed by atoms with Crippen molar-refractivity contribution in [1.29, 1.82) is 0 Å². The molecule has 0 aliphatic rings. The lowest BCUT2D eigenvalue weighted by Gasteiger charge is -2.05. The molecule has 0 bridgehead atoms. The fourth-order valence-corrected chi connectivity index (χ4v) is 1.57. The number of carbonyl (C=O) groups excluding carboxylic acids is 1. The second-order valence-corrected chi connectivity index (χ2v) is 3.63. The Balaban J connectivity index is 2.44. The third-order valence-corrected chi connectivity index (χ3v) is 2.49. The van der Waals surface area contributed by atoms with Gasteiger partial charge in [0.1, 0.15) is 5.82 Å². The second kappa shape index (κ2) is 4.83. The molecule has 1 aromatic carbocycles. The van der Waals surface area contributed by atoms with E-state index in [0.717, 1.165) is 6.07 Å². The van der Waals surface area contributed by atoms with Crippen molar-refractivity contribution in [2.75, 3.05) is 7.11 Å². The molecule has 0 amide bonds. The number of hydrogen-bond acceptors (Lipinski definition) is 3. The van der Waals surface area contributed by atoms with Crippen LogP contribution in [-0.4, -0.2) is 18.1 Å². The van der Waals surface area contributed by atoms with Crippen molar-refractivity contribution in [1.82, 2.24) is 4.98 Å². The average Bonchev–Trinajstić information content (AvgIpc) is 2.39. The number of methoxy groups -OCH3 is 1. The van der Waals surface area contributed by atoms with Crippen molar-refractivity contribution in [3.8, 4) is 11.1 Å². The summed E-state index contributed by atoms with van der Waals surface area (Å²) >= 11 is 0. The number of halogens is 1. The van der Waals surface area contributed by atoms with Gasteiger partial charge < -0.3 is 9.72 Å². The number of pyridine rings is 1. The van der Waals surface area contributed by atoms with E-state index >= 15 is 0 Å². The van der Waals surface area contributed by atoms with Crippen LogP contribution in [0.25, 0.3) is 11.1 Å². The standard InChI is InChI=1S/C13H10FNO3/c1-18-13(17)8-2-4-10(11(14)6-8)9-3-5-12(16)15-7-9/h2-7H,1H3,(H,15,16). The minimum absolute atomic E-state index is 0.142. The molecule has 0 aliphatic carbocycles. The first-order valence-electron chi connectivity index (χ1n) is 5.19. The van der Waals surface area contributed by atoms with Crippen LogP contribution in [0.4, 0.5) is 4.39 Å². The van der Waals surface area contributed by atoms with Gasteiger partial charge in [-0.15, -0.1) is 0 Å². The Hall–Kier alpha value is -2.43. The number of aromatic nitrogens is 1. The molecule has 2 rings (SSSR count). The van der Waals surface area contributed by atoms with Crippen molar-refractivity contribution >= 4 is 5.97 Å². The van der Waals surface area contributed by atoms with Crippen LogP contribution in [-0.2, 0) is 4.74 Å². The van der Waals surface area contributed by atoms with Crippen LogP contribution in [0, 0.1) is 5.82 Å². The third kappa shape index (κ3) is 2.29. The first-order chi connectivity index (χ1) is 8.61. The largest absolute Gasteiger partial charge is 0.465 e. The van der Waals surface area contributed by atoms with Crippen LogP contribution in [0.5, 0.6) is 0 Å².